The van der Waals surface area contributed by atoms with Crippen molar-refractivity contribution in [1.29, 1.82) is 0 Å². The second-order valence-electron chi connectivity index (χ2n) is 11.6. The van der Waals surface area contributed by atoms with E-state index in [1.807, 2.05) is 16.4 Å². The highest BCUT2D eigenvalue weighted by Gasteiger charge is 2.47. The number of fused-ring (bicyclic) bond motifs is 3. The number of piperidine rings is 1. The predicted molar refractivity (Wildman–Crippen MR) is 155 cm³/mol. The molecule has 1 saturated carbocycles. The number of likely N-dealkylation sites (tertiary alicyclic amines) is 1. The van der Waals surface area contributed by atoms with Crippen molar-refractivity contribution < 1.29 is 14.3 Å². The molecule has 1 aliphatic carbocycles. The van der Waals surface area contributed by atoms with Gasteiger partial charge in [-0.05, 0) is 62.8 Å². The lowest BCUT2D eigenvalue weighted by Gasteiger charge is -2.36. The van der Waals surface area contributed by atoms with Crippen LogP contribution in [0, 0.1) is 11.7 Å². The Morgan fingerprint density at radius 1 is 1.15 bits per heavy atom. The van der Waals surface area contributed by atoms with Crippen molar-refractivity contribution in [2.45, 2.75) is 64.2 Å². The van der Waals surface area contributed by atoms with E-state index < -0.39 is 5.82 Å². The van der Waals surface area contributed by atoms with E-state index in [1.165, 1.54) is 6.07 Å². The number of aliphatic hydroxyl groups excluding tert-OH is 1. The van der Waals surface area contributed by atoms with E-state index in [4.69, 9.17) is 10.7 Å². The Balaban J connectivity index is 1.36. The van der Waals surface area contributed by atoms with Crippen LogP contribution in [-0.2, 0) is 6.54 Å². The number of aromatic nitrogens is 3. The normalized spacial score (nSPS) is 23.7. The number of nitrogens with two attached hydrogens (primary N) is 1. The van der Waals surface area contributed by atoms with Crippen LogP contribution in [0.15, 0.2) is 36.4 Å². The number of para-hydroxylation sites is 1. The lowest BCUT2D eigenvalue weighted by Crippen LogP contribution is -2.41. The fourth-order valence-corrected chi connectivity index (χ4v) is 7.58. The second kappa shape index (κ2) is 9.59. The van der Waals surface area contributed by atoms with Crippen LogP contribution >= 0.6 is 0 Å². The van der Waals surface area contributed by atoms with Gasteiger partial charge in [0.2, 0.25) is 0 Å². The molecule has 9 heteroatoms. The molecule has 2 aromatic carbocycles. The largest absolute Gasteiger partial charge is 0.396 e. The molecule has 0 radical (unpaired) electrons. The Kier molecular flexibility index (Phi) is 6.12. The number of aryl methyl sites for hydroxylation is 1. The Bertz CT molecular complexity index is 1630. The Hall–Kier alpha value is -3.43. The number of amides is 1. The molecule has 40 heavy (non-hydrogen) atoms. The number of carbonyl (C=O) groups is 1. The van der Waals surface area contributed by atoms with Crippen molar-refractivity contribution in [3.63, 3.8) is 0 Å². The molecule has 2 bridgehead atoms. The molecule has 7 rings (SSSR count). The summed E-state index contributed by atoms with van der Waals surface area (Å²) in [7, 11) is 0. The van der Waals surface area contributed by atoms with Gasteiger partial charge >= 0.3 is 0 Å². The minimum atomic E-state index is -0.423. The first-order valence-electron chi connectivity index (χ1n) is 14.7. The summed E-state index contributed by atoms with van der Waals surface area (Å²) in [5, 5.41) is 10.6. The summed E-state index contributed by atoms with van der Waals surface area (Å²) in [6, 6.07) is 11.9. The van der Waals surface area contributed by atoms with Gasteiger partial charge in [-0.3, -0.25) is 4.79 Å². The molecule has 2 aromatic heterocycles. The SMILES string of the molecule is CC[C@@H]1CN(CCCO)c2cccc3cc(-c4nc5cc(C(=O)N6C[C@H]7CC[C@@H]6[C@@H]7N)cc(F)c5n4CC)n1c23. The van der Waals surface area contributed by atoms with Gasteiger partial charge in [0.15, 0.2) is 5.82 Å². The van der Waals surface area contributed by atoms with Crippen molar-refractivity contribution in [1.82, 2.24) is 19.0 Å². The highest BCUT2D eigenvalue weighted by atomic mass is 19.1. The second-order valence-corrected chi connectivity index (χ2v) is 11.6. The van der Waals surface area contributed by atoms with E-state index in [0.29, 0.717) is 41.4 Å². The lowest BCUT2D eigenvalue weighted by atomic mass is 10.1. The van der Waals surface area contributed by atoms with Gasteiger partial charge < -0.3 is 29.8 Å². The highest BCUT2D eigenvalue weighted by molar-refractivity contribution is 6.00. The summed E-state index contributed by atoms with van der Waals surface area (Å²) in [4.78, 5) is 22.7. The van der Waals surface area contributed by atoms with E-state index in [9.17, 15) is 9.90 Å². The number of nitrogens with zero attached hydrogens (tertiary/aromatic N) is 5. The standard InChI is InChI=1S/C31H37FN6O2/c1-3-21-17-35(11-6-12-39)25-8-5-7-18-15-26(38(21)28(18)25)30-34-23-14-20(13-22(32)29(23)36(30)4-2)31(40)37-16-19-9-10-24(37)27(19)33/h5,7-8,13-15,19,21,24,27,39H,3-4,6,9-12,16-17,33H2,1-2H3/t19-,21-,24-,27-/m1/s1. The van der Waals surface area contributed by atoms with Crippen LogP contribution in [0.25, 0.3) is 33.5 Å². The van der Waals surface area contributed by atoms with Gasteiger partial charge in [0.25, 0.3) is 5.91 Å². The van der Waals surface area contributed by atoms with E-state index in [-0.39, 0.29) is 30.6 Å². The maximum Gasteiger partial charge on any atom is 0.254 e. The lowest BCUT2D eigenvalue weighted by molar-refractivity contribution is 0.0700. The number of carbonyl (C=O) groups excluding carboxylic acids is 1. The van der Waals surface area contributed by atoms with Gasteiger partial charge in [-0.2, -0.15) is 0 Å². The number of anilines is 1. The van der Waals surface area contributed by atoms with Gasteiger partial charge in [-0.15, -0.1) is 0 Å². The number of hydrogen-bond donors (Lipinski definition) is 2. The first-order valence-corrected chi connectivity index (χ1v) is 14.7. The van der Waals surface area contributed by atoms with Crippen molar-refractivity contribution in [3.8, 4) is 11.5 Å². The van der Waals surface area contributed by atoms with Crippen LogP contribution < -0.4 is 10.6 Å². The van der Waals surface area contributed by atoms with E-state index in [2.05, 4.69) is 40.7 Å². The van der Waals surface area contributed by atoms with Gasteiger partial charge in [0.1, 0.15) is 11.3 Å². The van der Waals surface area contributed by atoms with Gasteiger partial charge in [-0.1, -0.05) is 19.1 Å². The molecular weight excluding hydrogens is 507 g/mol. The Morgan fingerprint density at radius 2 is 2.00 bits per heavy atom. The molecule has 3 N–H and O–H groups in total. The summed E-state index contributed by atoms with van der Waals surface area (Å²) >= 11 is 0. The summed E-state index contributed by atoms with van der Waals surface area (Å²) in [6.07, 6.45) is 3.62. The molecule has 0 unspecified atom stereocenters. The summed E-state index contributed by atoms with van der Waals surface area (Å²) < 4.78 is 20.1. The average molecular weight is 545 g/mol. The molecule has 2 aliphatic heterocycles. The van der Waals surface area contributed by atoms with Crippen LogP contribution in [0.1, 0.15) is 55.9 Å². The van der Waals surface area contributed by atoms with Crippen LogP contribution in [0.5, 0.6) is 0 Å². The van der Waals surface area contributed by atoms with E-state index >= 15 is 4.39 Å². The summed E-state index contributed by atoms with van der Waals surface area (Å²) in [5.74, 6) is 0.475. The van der Waals surface area contributed by atoms with Crippen molar-refractivity contribution in [3.05, 3.63) is 47.8 Å². The predicted octanol–water partition coefficient (Wildman–Crippen LogP) is 4.53. The molecule has 2 fully saturated rings. The van der Waals surface area contributed by atoms with Gasteiger partial charge in [-0.25, -0.2) is 9.37 Å². The van der Waals surface area contributed by atoms with Crippen LogP contribution in [0.3, 0.4) is 0 Å². The Morgan fingerprint density at radius 3 is 2.70 bits per heavy atom. The summed E-state index contributed by atoms with van der Waals surface area (Å²) in [6.45, 7) is 7.19. The minimum Gasteiger partial charge on any atom is -0.396 e. The first-order chi connectivity index (χ1) is 19.4. The van der Waals surface area contributed by atoms with Gasteiger partial charge in [0, 0.05) is 55.8 Å². The molecule has 3 aliphatic rings. The van der Waals surface area contributed by atoms with Crippen molar-refractivity contribution in [2.75, 3.05) is 31.1 Å². The van der Waals surface area contributed by atoms with Crippen molar-refractivity contribution in [2.24, 2.45) is 11.7 Å². The third kappa shape index (κ3) is 3.63. The summed E-state index contributed by atoms with van der Waals surface area (Å²) in [5.41, 5.74) is 10.9. The fourth-order valence-electron chi connectivity index (χ4n) is 7.58. The smallest absolute Gasteiger partial charge is 0.254 e. The fraction of sp³-hybridized carbons (Fsp3) is 0.484. The molecule has 0 spiro atoms. The zero-order valence-electron chi connectivity index (χ0n) is 23.2. The van der Waals surface area contributed by atoms with E-state index in [1.54, 1.807) is 6.07 Å². The zero-order valence-corrected chi connectivity index (χ0v) is 23.2. The van der Waals surface area contributed by atoms with Gasteiger partial charge in [0.05, 0.1) is 28.5 Å². The van der Waals surface area contributed by atoms with Crippen molar-refractivity contribution >= 4 is 33.5 Å². The molecule has 210 valence electrons. The molecule has 4 atom stereocenters. The van der Waals surface area contributed by atoms with Crippen LogP contribution in [0.4, 0.5) is 10.1 Å². The van der Waals surface area contributed by atoms with Crippen LogP contribution in [0.2, 0.25) is 0 Å². The third-order valence-corrected chi connectivity index (χ3v) is 9.53. The molecule has 4 heterocycles. The molecule has 4 aromatic rings. The highest BCUT2D eigenvalue weighted by Crippen LogP contribution is 2.42. The number of rotatable bonds is 7. The monoisotopic (exact) mass is 544 g/mol. The minimum absolute atomic E-state index is 0.0138. The third-order valence-electron chi connectivity index (χ3n) is 9.53. The Labute approximate surface area is 233 Å². The molecule has 1 saturated heterocycles. The topological polar surface area (TPSA) is 92.6 Å². The quantitative estimate of drug-likeness (QED) is 0.357. The molecule has 8 nitrogen and oxygen atoms in total. The van der Waals surface area contributed by atoms with E-state index in [0.717, 1.165) is 61.1 Å². The molecule has 1 amide bonds. The average Bonchev–Trinajstić information content (AvgIpc) is 3.72. The maximum absolute atomic E-state index is 15.8. The first kappa shape index (κ1) is 25.5. The number of aliphatic hydroxyl groups is 1. The number of hydrogen-bond acceptors (Lipinski definition) is 5. The number of benzene rings is 2. The van der Waals surface area contributed by atoms with Crippen LogP contribution in [-0.4, -0.2) is 68.4 Å². The zero-order chi connectivity index (χ0) is 27.7. The molecular formula is C31H37FN6O2. The number of halogens is 1. The number of imidazole rings is 1. The maximum atomic E-state index is 15.8.